The van der Waals surface area contributed by atoms with E-state index in [2.05, 4.69) is 16.0 Å². The van der Waals surface area contributed by atoms with Crippen LogP contribution in [0.15, 0.2) is 18.2 Å². The second-order valence-corrected chi connectivity index (χ2v) is 5.32. The van der Waals surface area contributed by atoms with E-state index in [-0.39, 0.29) is 12.5 Å². The average molecular weight is 277 g/mol. The summed E-state index contributed by atoms with van der Waals surface area (Å²) in [5, 5.41) is 7.95. The van der Waals surface area contributed by atoms with Gasteiger partial charge in [0.05, 0.1) is 6.54 Å². The van der Waals surface area contributed by atoms with Crippen molar-refractivity contribution in [1.29, 1.82) is 0 Å². The van der Waals surface area contributed by atoms with Gasteiger partial charge in [-0.15, -0.1) is 0 Å². The summed E-state index contributed by atoms with van der Waals surface area (Å²) in [6.45, 7) is 8.55. The number of carbonyl (C=O) groups is 2. The lowest BCUT2D eigenvalue weighted by Crippen LogP contribution is -2.43. The first-order chi connectivity index (χ1) is 9.38. The van der Waals surface area contributed by atoms with Crippen molar-refractivity contribution in [2.45, 2.75) is 27.7 Å². The fourth-order valence-corrected chi connectivity index (χ4v) is 1.61. The highest BCUT2D eigenvalue weighted by atomic mass is 16.2. The molecule has 5 nitrogen and oxygen atoms in total. The lowest BCUT2D eigenvalue weighted by Gasteiger charge is -2.11. The second-order valence-electron chi connectivity index (χ2n) is 5.32. The second kappa shape index (κ2) is 7.53. The predicted octanol–water partition coefficient (Wildman–Crippen LogP) is 2.20. The molecule has 0 aliphatic carbocycles. The largest absolute Gasteiger partial charge is 0.376 e. The van der Waals surface area contributed by atoms with Crippen LogP contribution in [0, 0.1) is 19.8 Å². The minimum atomic E-state index is -0.452. The molecule has 0 saturated carbocycles. The van der Waals surface area contributed by atoms with Crippen LogP contribution >= 0.6 is 0 Å². The summed E-state index contributed by atoms with van der Waals surface area (Å²) in [5.74, 6) is -0.00363. The Bertz CT molecular complexity index is 484. The first-order valence-corrected chi connectivity index (χ1v) is 6.77. The van der Waals surface area contributed by atoms with Crippen LogP contribution in [0.3, 0.4) is 0 Å². The molecule has 0 aliphatic heterocycles. The number of aryl methyl sites for hydroxylation is 2. The molecule has 0 fully saturated rings. The zero-order valence-electron chi connectivity index (χ0n) is 12.5. The van der Waals surface area contributed by atoms with Crippen LogP contribution in [-0.2, 0) is 4.79 Å². The van der Waals surface area contributed by atoms with E-state index in [0.717, 1.165) is 16.8 Å². The van der Waals surface area contributed by atoms with E-state index in [9.17, 15) is 9.59 Å². The van der Waals surface area contributed by atoms with E-state index in [1.54, 1.807) is 0 Å². The van der Waals surface area contributed by atoms with Crippen molar-refractivity contribution in [2.24, 2.45) is 5.92 Å². The molecule has 20 heavy (non-hydrogen) atoms. The van der Waals surface area contributed by atoms with Crippen LogP contribution in [0.5, 0.6) is 0 Å². The smallest absolute Gasteiger partial charge is 0.321 e. The van der Waals surface area contributed by atoms with Gasteiger partial charge in [0.1, 0.15) is 0 Å². The Balaban J connectivity index is 2.39. The zero-order chi connectivity index (χ0) is 15.1. The quantitative estimate of drug-likeness (QED) is 0.772. The third-order valence-electron chi connectivity index (χ3n) is 2.76. The number of anilines is 1. The minimum absolute atomic E-state index is 0.0688. The van der Waals surface area contributed by atoms with E-state index in [1.807, 2.05) is 45.9 Å². The molecule has 5 heteroatoms. The molecule has 0 aliphatic rings. The number of nitrogens with one attached hydrogen (secondary N) is 3. The van der Waals surface area contributed by atoms with Crippen molar-refractivity contribution >= 4 is 17.6 Å². The van der Waals surface area contributed by atoms with Crippen LogP contribution in [0.25, 0.3) is 0 Å². The summed E-state index contributed by atoms with van der Waals surface area (Å²) in [5.41, 5.74) is 3.09. The zero-order valence-corrected chi connectivity index (χ0v) is 12.5. The number of rotatable bonds is 5. The highest BCUT2D eigenvalue weighted by molar-refractivity contribution is 5.96. The molecule has 110 valence electrons. The molecule has 0 unspecified atom stereocenters. The fourth-order valence-electron chi connectivity index (χ4n) is 1.61. The molecular formula is C15H23N3O2. The Kier molecular flexibility index (Phi) is 6.03. The van der Waals surface area contributed by atoms with E-state index < -0.39 is 6.03 Å². The molecule has 0 aromatic heterocycles. The number of carbonyl (C=O) groups excluding carboxylic acids is 2. The number of hydrogen-bond acceptors (Lipinski definition) is 3. The first kappa shape index (κ1) is 16.0. The molecule has 0 heterocycles. The van der Waals surface area contributed by atoms with Crippen molar-refractivity contribution in [3.8, 4) is 0 Å². The topological polar surface area (TPSA) is 70.2 Å². The molecule has 1 rings (SSSR count). The monoisotopic (exact) mass is 277 g/mol. The summed E-state index contributed by atoms with van der Waals surface area (Å²) in [7, 11) is 0. The van der Waals surface area contributed by atoms with E-state index in [1.165, 1.54) is 0 Å². The summed E-state index contributed by atoms with van der Waals surface area (Å²) >= 11 is 0. The molecule has 0 atom stereocenters. The van der Waals surface area contributed by atoms with Gasteiger partial charge >= 0.3 is 6.03 Å². The Morgan fingerprint density at radius 2 is 1.90 bits per heavy atom. The third kappa shape index (κ3) is 5.73. The summed E-state index contributed by atoms with van der Waals surface area (Å²) in [4.78, 5) is 23.1. The Labute approximate surface area is 120 Å². The molecule has 3 amide bonds. The van der Waals surface area contributed by atoms with E-state index in [0.29, 0.717) is 12.5 Å². The van der Waals surface area contributed by atoms with E-state index >= 15 is 0 Å². The lowest BCUT2D eigenvalue weighted by molar-refractivity contribution is -0.118. The number of benzene rings is 1. The minimum Gasteiger partial charge on any atom is -0.376 e. The number of urea groups is 1. The third-order valence-corrected chi connectivity index (χ3v) is 2.76. The predicted molar refractivity (Wildman–Crippen MR) is 80.8 cm³/mol. The number of imide groups is 1. The normalized spacial score (nSPS) is 10.2. The Morgan fingerprint density at radius 1 is 1.20 bits per heavy atom. The van der Waals surface area contributed by atoms with Crippen LogP contribution in [0.4, 0.5) is 10.5 Å². The first-order valence-electron chi connectivity index (χ1n) is 6.77. The molecule has 0 radical (unpaired) electrons. The van der Waals surface area contributed by atoms with Crippen LogP contribution in [0.2, 0.25) is 0 Å². The maximum absolute atomic E-state index is 11.6. The average Bonchev–Trinajstić information content (AvgIpc) is 2.37. The van der Waals surface area contributed by atoms with Gasteiger partial charge in [-0.1, -0.05) is 26.0 Å². The van der Waals surface area contributed by atoms with Gasteiger partial charge in [0.25, 0.3) is 0 Å². The standard InChI is InChI=1S/C15H23N3O2/c1-10(2)8-17-15(20)18-14(19)9-16-13-7-11(3)5-6-12(13)4/h5-7,10,16H,8-9H2,1-4H3,(H2,17,18,19,20). The summed E-state index contributed by atoms with van der Waals surface area (Å²) in [6.07, 6.45) is 0. The Morgan fingerprint density at radius 3 is 2.55 bits per heavy atom. The van der Waals surface area contributed by atoms with Crippen LogP contribution in [0.1, 0.15) is 25.0 Å². The van der Waals surface area contributed by atoms with Gasteiger partial charge in [-0.2, -0.15) is 0 Å². The van der Waals surface area contributed by atoms with Crippen molar-refractivity contribution in [2.75, 3.05) is 18.4 Å². The van der Waals surface area contributed by atoms with Gasteiger partial charge in [-0.3, -0.25) is 10.1 Å². The molecule has 1 aromatic carbocycles. The van der Waals surface area contributed by atoms with Crippen molar-refractivity contribution in [1.82, 2.24) is 10.6 Å². The lowest BCUT2D eigenvalue weighted by atomic mass is 10.1. The van der Waals surface area contributed by atoms with Crippen molar-refractivity contribution in [3.63, 3.8) is 0 Å². The van der Waals surface area contributed by atoms with Gasteiger partial charge in [0, 0.05) is 12.2 Å². The van der Waals surface area contributed by atoms with Crippen molar-refractivity contribution < 1.29 is 9.59 Å². The van der Waals surface area contributed by atoms with Gasteiger partial charge in [0.15, 0.2) is 0 Å². The molecule has 0 bridgehead atoms. The fraction of sp³-hybridized carbons (Fsp3) is 0.467. The highest BCUT2D eigenvalue weighted by Crippen LogP contribution is 2.15. The van der Waals surface area contributed by atoms with E-state index in [4.69, 9.17) is 0 Å². The summed E-state index contributed by atoms with van der Waals surface area (Å²) in [6, 6.07) is 5.53. The van der Waals surface area contributed by atoms with Gasteiger partial charge < -0.3 is 10.6 Å². The SMILES string of the molecule is Cc1ccc(C)c(NCC(=O)NC(=O)NCC(C)C)c1. The van der Waals surface area contributed by atoms with Crippen LogP contribution < -0.4 is 16.0 Å². The maximum atomic E-state index is 11.6. The molecule has 0 spiro atoms. The highest BCUT2D eigenvalue weighted by Gasteiger charge is 2.08. The molecule has 1 aromatic rings. The molecule has 3 N–H and O–H groups in total. The number of amides is 3. The van der Waals surface area contributed by atoms with Gasteiger partial charge in [-0.05, 0) is 37.0 Å². The van der Waals surface area contributed by atoms with Gasteiger partial charge in [0.2, 0.25) is 5.91 Å². The van der Waals surface area contributed by atoms with Crippen molar-refractivity contribution in [3.05, 3.63) is 29.3 Å². The van der Waals surface area contributed by atoms with Crippen LogP contribution in [-0.4, -0.2) is 25.0 Å². The van der Waals surface area contributed by atoms with Gasteiger partial charge in [-0.25, -0.2) is 4.79 Å². The Hall–Kier alpha value is -2.04. The number of hydrogen-bond donors (Lipinski definition) is 3. The molecule has 0 saturated heterocycles. The molecular weight excluding hydrogens is 254 g/mol. The summed E-state index contributed by atoms with van der Waals surface area (Å²) < 4.78 is 0. The maximum Gasteiger partial charge on any atom is 0.321 e.